The highest BCUT2D eigenvalue weighted by Crippen LogP contribution is 2.32. The molecule has 7 heteroatoms. The van der Waals surface area contributed by atoms with Crippen molar-refractivity contribution in [1.82, 2.24) is 10.1 Å². The number of carbonyl (C=O) groups excluding carboxylic acids is 1. The number of anilines is 2. The molecule has 1 amide bonds. The molecular formula is C18H23ClN4O2. The van der Waals surface area contributed by atoms with E-state index >= 15 is 0 Å². The number of nitrogens with one attached hydrogen (secondary N) is 1. The van der Waals surface area contributed by atoms with E-state index < -0.39 is 0 Å². The zero-order valence-electron chi connectivity index (χ0n) is 15.0. The Balaban J connectivity index is 1.73. The third-order valence-electron chi connectivity index (χ3n) is 4.18. The number of benzene rings is 1. The van der Waals surface area contributed by atoms with E-state index in [-0.39, 0.29) is 17.4 Å². The van der Waals surface area contributed by atoms with Crippen molar-refractivity contribution in [3.8, 4) is 0 Å². The van der Waals surface area contributed by atoms with Gasteiger partial charge in [0.2, 0.25) is 11.8 Å². The number of hydrogen-bond donors (Lipinski definition) is 1. The highest BCUT2D eigenvalue weighted by Gasteiger charge is 2.25. The van der Waals surface area contributed by atoms with Crippen LogP contribution in [0.2, 0.25) is 5.02 Å². The first-order valence-electron chi connectivity index (χ1n) is 8.46. The second-order valence-corrected chi connectivity index (χ2v) is 7.79. The third-order valence-corrected chi connectivity index (χ3v) is 4.48. The van der Waals surface area contributed by atoms with Gasteiger partial charge in [0.1, 0.15) is 6.04 Å². The summed E-state index contributed by atoms with van der Waals surface area (Å²) in [4.78, 5) is 18.1. The molecule has 0 aliphatic carbocycles. The molecule has 1 aliphatic rings. The van der Waals surface area contributed by atoms with E-state index in [0.29, 0.717) is 23.2 Å². The summed E-state index contributed by atoms with van der Waals surface area (Å²) in [6, 6.07) is 5.44. The van der Waals surface area contributed by atoms with Crippen LogP contribution in [0.5, 0.6) is 0 Å². The van der Waals surface area contributed by atoms with Crippen LogP contribution in [0.3, 0.4) is 0 Å². The molecule has 1 N–H and O–H groups in total. The van der Waals surface area contributed by atoms with Crippen molar-refractivity contribution < 1.29 is 9.32 Å². The maximum atomic E-state index is 11.9. The Hall–Kier alpha value is -2.08. The lowest BCUT2D eigenvalue weighted by Crippen LogP contribution is -2.24. The van der Waals surface area contributed by atoms with Gasteiger partial charge in [-0.3, -0.25) is 4.79 Å². The predicted molar refractivity (Wildman–Crippen MR) is 98.1 cm³/mol. The van der Waals surface area contributed by atoms with Gasteiger partial charge < -0.3 is 14.7 Å². The molecule has 0 unspecified atom stereocenters. The number of hydrogen-bond acceptors (Lipinski definition) is 5. The summed E-state index contributed by atoms with van der Waals surface area (Å²) >= 11 is 6.38. The topological polar surface area (TPSA) is 71.3 Å². The van der Waals surface area contributed by atoms with E-state index in [4.69, 9.17) is 16.1 Å². The van der Waals surface area contributed by atoms with Gasteiger partial charge >= 0.3 is 0 Å². The highest BCUT2D eigenvalue weighted by molar-refractivity contribution is 6.34. The summed E-state index contributed by atoms with van der Waals surface area (Å²) in [6.07, 6.45) is 1.46. The maximum Gasteiger partial charge on any atom is 0.248 e. The van der Waals surface area contributed by atoms with Crippen molar-refractivity contribution in [1.29, 1.82) is 0 Å². The smallest absolute Gasteiger partial charge is 0.248 e. The minimum Gasteiger partial charge on any atom is -0.374 e. The monoisotopic (exact) mass is 362 g/mol. The number of halogens is 1. The van der Waals surface area contributed by atoms with Gasteiger partial charge in [-0.25, -0.2) is 0 Å². The molecule has 2 aromatic rings. The molecule has 1 aliphatic heterocycles. The van der Waals surface area contributed by atoms with E-state index in [9.17, 15) is 4.79 Å². The number of carbonyl (C=O) groups is 1. The van der Waals surface area contributed by atoms with Crippen LogP contribution in [-0.4, -0.2) is 22.6 Å². The predicted octanol–water partition coefficient (Wildman–Crippen LogP) is 4.32. The molecule has 1 aromatic carbocycles. The van der Waals surface area contributed by atoms with Crippen LogP contribution in [0.25, 0.3) is 0 Å². The van der Waals surface area contributed by atoms with Gasteiger partial charge in [0.05, 0.1) is 10.7 Å². The molecule has 2 heterocycles. The molecule has 1 fully saturated rings. The number of aromatic nitrogens is 2. The SMILES string of the molecule is C[C@H](Nc1ccc(N2CCCC2=O)c(Cl)c1)c1nc(C(C)(C)C)no1. The summed E-state index contributed by atoms with van der Waals surface area (Å²) in [6.45, 7) is 8.79. The lowest BCUT2D eigenvalue weighted by atomic mass is 9.96. The van der Waals surface area contributed by atoms with Crippen LogP contribution in [0.15, 0.2) is 22.7 Å². The van der Waals surface area contributed by atoms with Crippen molar-refractivity contribution in [2.24, 2.45) is 0 Å². The zero-order chi connectivity index (χ0) is 18.2. The Morgan fingerprint density at radius 1 is 1.36 bits per heavy atom. The Bertz CT molecular complexity index is 782. The van der Waals surface area contributed by atoms with Gasteiger partial charge in [0.15, 0.2) is 5.82 Å². The van der Waals surface area contributed by atoms with Crippen LogP contribution in [0, 0.1) is 0 Å². The minimum absolute atomic E-state index is 0.122. The standard InChI is InChI=1S/C18H23ClN4O2/c1-11(16-21-17(22-25-16)18(2,3)4)20-12-7-8-14(13(19)10-12)23-9-5-6-15(23)24/h7-8,10-11,20H,5-6,9H2,1-4H3/t11-/m0/s1. The minimum atomic E-state index is -0.158. The molecule has 0 saturated carbocycles. The van der Waals surface area contributed by atoms with Gasteiger partial charge in [-0.2, -0.15) is 4.98 Å². The van der Waals surface area contributed by atoms with Crippen molar-refractivity contribution in [2.75, 3.05) is 16.8 Å². The summed E-state index contributed by atoms with van der Waals surface area (Å²) in [5.41, 5.74) is 1.44. The van der Waals surface area contributed by atoms with E-state index in [2.05, 4.69) is 15.5 Å². The molecule has 134 valence electrons. The molecule has 0 bridgehead atoms. The van der Waals surface area contributed by atoms with E-state index in [1.165, 1.54) is 0 Å². The normalized spacial score (nSPS) is 16.4. The fourth-order valence-corrected chi connectivity index (χ4v) is 3.03. The van der Waals surface area contributed by atoms with Crippen molar-refractivity contribution in [3.05, 3.63) is 34.9 Å². The van der Waals surface area contributed by atoms with Crippen molar-refractivity contribution >= 4 is 28.9 Å². The zero-order valence-corrected chi connectivity index (χ0v) is 15.7. The molecule has 3 rings (SSSR count). The Kier molecular flexibility index (Phi) is 4.73. The largest absolute Gasteiger partial charge is 0.374 e. The van der Waals surface area contributed by atoms with Gasteiger partial charge in [-0.1, -0.05) is 37.5 Å². The number of amides is 1. The molecule has 1 atom stereocenters. The molecule has 25 heavy (non-hydrogen) atoms. The summed E-state index contributed by atoms with van der Waals surface area (Å²) in [5.74, 6) is 1.33. The molecule has 0 spiro atoms. The second-order valence-electron chi connectivity index (χ2n) is 7.39. The molecule has 6 nitrogen and oxygen atoms in total. The summed E-state index contributed by atoms with van der Waals surface area (Å²) < 4.78 is 5.36. The van der Waals surface area contributed by atoms with Gasteiger partial charge in [0, 0.05) is 24.1 Å². The molecule has 0 radical (unpaired) electrons. The lowest BCUT2D eigenvalue weighted by molar-refractivity contribution is -0.117. The summed E-state index contributed by atoms with van der Waals surface area (Å²) in [5, 5.41) is 7.90. The first-order valence-corrected chi connectivity index (χ1v) is 8.84. The van der Waals surface area contributed by atoms with Crippen LogP contribution in [0.1, 0.15) is 58.3 Å². The Morgan fingerprint density at radius 2 is 2.12 bits per heavy atom. The number of rotatable bonds is 4. The Morgan fingerprint density at radius 3 is 2.68 bits per heavy atom. The van der Waals surface area contributed by atoms with Crippen molar-refractivity contribution in [3.63, 3.8) is 0 Å². The molecule has 1 aromatic heterocycles. The van der Waals surface area contributed by atoms with Gasteiger partial charge in [0.25, 0.3) is 0 Å². The highest BCUT2D eigenvalue weighted by atomic mass is 35.5. The van der Waals surface area contributed by atoms with Crippen LogP contribution >= 0.6 is 11.6 Å². The average molecular weight is 363 g/mol. The fourth-order valence-electron chi connectivity index (χ4n) is 2.75. The third kappa shape index (κ3) is 3.79. The average Bonchev–Trinajstić information content (AvgIpc) is 3.16. The second kappa shape index (κ2) is 6.67. The van der Waals surface area contributed by atoms with Crippen LogP contribution in [0.4, 0.5) is 11.4 Å². The van der Waals surface area contributed by atoms with Crippen molar-refractivity contribution in [2.45, 2.75) is 52.0 Å². The van der Waals surface area contributed by atoms with Gasteiger partial charge in [-0.15, -0.1) is 0 Å². The summed E-state index contributed by atoms with van der Waals surface area (Å²) in [7, 11) is 0. The first kappa shape index (κ1) is 17.7. The van der Waals surface area contributed by atoms with Crippen LogP contribution < -0.4 is 10.2 Å². The molecular weight excluding hydrogens is 340 g/mol. The van der Waals surface area contributed by atoms with E-state index in [1.807, 2.05) is 45.9 Å². The number of nitrogens with zero attached hydrogens (tertiary/aromatic N) is 3. The lowest BCUT2D eigenvalue weighted by Gasteiger charge is -2.19. The fraction of sp³-hybridized carbons (Fsp3) is 0.500. The first-order chi connectivity index (χ1) is 11.8. The van der Waals surface area contributed by atoms with Crippen LogP contribution in [-0.2, 0) is 10.2 Å². The maximum absolute atomic E-state index is 11.9. The molecule has 1 saturated heterocycles. The quantitative estimate of drug-likeness (QED) is 0.876. The van der Waals surface area contributed by atoms with E-state index in [1.54, 1.807) is 4.90 Å². The Labute approximate surface area is 152 Å². The van der Waals surface area contributed by atoms with Gasteiger partial charge in [-0.05, 0) is 31.5 Å². The van der Waals surface area contributed by atoms with E-state index in [0.717, 1.165) is 24.3 Å².